The minimum absolute atomic E-state index is 0. The fourth-order valence-corrected chi connectivity index (χ4v) is 1.39. The molecule has 0 saturated heterocycles. The van der Waals surface area contributed by atoms with Gasteiger partial charge in [0.25, 0.3) is 0 Å². The average Bonchev–Trinajstić information content (AvgIpc) is 1.58. The van der Waals surface area contributed by atoms with E-state index in [1.807, 2.05) is 0 Å². The Balaban J connectivity index is -0.000000500. The average molecular weight is 306 g/mol. The molecule has 0 fully saturated rings. The quantitative estimate of drug-likeness (QED) is 0.382. The molecule has 0 amide bonds. The van der Waals surface area contributed by atoms with Gasteiger partial charge in [0.1, 0.15) is 0 Å². The number of hydrogen-bond donors (Lipinski definition) is 2. The van der Waals surface area contributed by atoms with Crippen LogP contribution >= 0.6 is 15.2 Å². The molecule has 2 atom stereocenters. The summed E-state index contributed by atoms with van der Waals surface area (Å²) < 4.78 is 20.1. The van der Waals surface area contributed by atoms with Gasteiger partial charge in [0.15, 0.2) is 12.7 Å². The van der Waals surface area contributed by atoms with Crippen LogP contribution in [-0.4, -0.2) is 15.1 Å². The molecule has 0 heterocycles. The molecule has 1 radical (unpaired) electrons. The molecule has 0 saturated carbocycles. The monoisotopic (exact) mass is 305 g/mol. The van der Waals surface area contributed by atoms with E-state index < -0.39 is 20.3 Å². The molecule has 0 aliphatic rings. The van der Waals surface area contributed by atoms with E-state index in [0.717, 1.165) is 0 Å². The largest absolute Gasteiger partial charge is 2.00 e. The molecular formula is C2H5CuKO7P2. The fourth-order valence-electron chi connectivity index (χ4n) is 0.155. The zero-order valence-electron chi connectivity index (χ0n) is 6.63. The smallest absolute Gasteiger partial charge is 0.808 e. The number of hydrogen-bond acceptors (Lipinski definition) is 6. The molecular weight excluding hydrogens is 301 g/mol. The van der Waals surface area contributed by atoms with E-state index in [0.29, 0.717) is 0 Å². The van der Waals surface area contributed by atoms with Crippen molar-refractivity contribution in [2.24, 2.45) is 0 Å². The van der Waals surface area contributed by atoms with E-state index in [1.165, 1.54) is 0 Å². The Bertz CT molecular complexity index is 217. The van der Waals surface area contributed by atoms with Gasteiger partial charge in [0.05, 0.1) is 0 Å². The Morgan fingerprint density at radius 1 is 1.23 bits per heavy atom. The Labute approximate surface area is 128 Å². The van der Waals surface area contributed by atoms with Crippen LogP contribution < -0.4 is 66.1 Å². The van der Waals surface area contributed by atoms with Crippen LogP contribution in [0.25, 0.3) is 0 Å². The Hall–Kier alpha value is 2.42. The summed E-state index contributed by atoms with van der Waals surface area (Å²) in [5.41, 5.74) is 0. The predicted octanol–water partition coefficient (Wildman–Crippen LogP) is -5.89. The van der Waals surface area contributed by atoms with Gasteiger partial charge >= 0.3 is 68.5 Å². The van der Waals surface area contributed by atoms with Gasteiger partial charge in [-0.3, -0.25) is 0 Å². The van der Waals surface area contributed by atoms with Crippen LogP contribution in [0, 0.1) is 0 Å². The van der Waals surface area contributed by atoms with Crippen molar-refractivity contribution in [2.45, 2.75) is 12.0 Å². The second kappa shape index (κ2) is 6.23. The van der Waals surface area contributed by atoms with Crippen molar-refractivity contribution in [3.8, 4) is 0 Å². The SMILES string of the molecule is CC(O)(P(=O)([O-])[O-])P(=O)([O-])O.[Cu+2].[K+]. The van der Waals surface area contributed by atoms with Crippen molar-refractivity contribution in [3.63, 3.8) is 0 Å². The molecule has 0 aromatic heterocycles. The minimum Gasteiger partial charge on any atom is -0.808 e. The van der Waals surface area contributed by atoms with Crippen molar-refractivity contribution < 1.29 is 102 Å². The first-order valence-electron chi connectivity index (χ1n) is 2.28. The molecule has 0 bridgehead atoms. The van der Waals surface area contributed by atoms with Crippen LogP contribution in [0.1, 0.15) is 6.92 Å². The molecule has 0 aromatic rings. The molecule has 2 N–H and O–H groups in total. The molecule has 0 aliphatic heterocycles. The van der Waals surface area contributed by atoms with Gasteiger partial charge in [-0.25, -0.2) is 0 Å². The van der Waals surface area contributed by atoms with Crippen LogP contribution in [0.3, 0.4) is 0 Å². The van der Waals surface area contributed by atoms with Crippen LogP contribution in [0.15, 0.2) is 0 Å². The third-order valence-electron chi connectivity index (χ3n) is 1.05. The zero-order chi connectivity index (χ0) is 9.50. The molecule has 77 valence electrons. The van der Waals surface area contributed by atoms with Gasteiger partial charge in [-0.15, -0.1) is 0 Å². The second-order valence-electron chi connectivity index (χ2n) is 1.99. The van der Waals surface area contributed by atoms with Crippen molar-refractivity contribution in [3.05, 3.63) is 0 Å². The summed E-state index contributed by atoms with van der Waals surface area (Å²) in [5.74, 6) is 0. The van der Waals surface area contributed by atoms with Crippen LogP contribution in [0.5, 0.6) is 0 Å². The van der Waals surface area contributed by atoms with E-state index in [4.69, 9.17) is 10.00 Å². The van der Waals surface area contributed by atoms with Gasteiger partial charge in [-0.2, -0.15) is 0 Å². The third-order valence-corrected chi connectivity index (χ3v) is 4.66. The van der Waals surface area contributed by atoms with Gasteiger partial charge in [0, 0.05) is 0 Å². The molecule has 11 heteroatoms. The van der Waals surface area contributed by atoms with Gasteiger partial charge in [-0.05, 0) is 14.5 Å². The van der Waals surface area contributed by atoms with Gasteiger partial charge < -0.3 is 33.8 Å². The number of aliphatic hydroxyl groups is 1. The molecule has 13 heavy (non-hydrogen) atoms. The third kappa shape index (κ3) is 5.33. The normalized spacial score (nSPS) is 20.2. The van der Waals surface area contributed by atoms with E-state index >= 15 is 0 Å². The summed E-state index contributed by atoms with van der Waals surface area (Å²) in [6.07, 6.45) is 0. The van der Waals surface area contributed by atoms with Crippen molar-refractivity contribution >= 4 is 15.2 Å². The predicted molar refractivity (Wildman–Crippen MR) is 28.1 cm³/mol. The molecule has 7 nitrogen and oxygen atoms in total. The van der Waals surface area contributed by atoms with E-state index in [-0.39, 0.29) is 75.4 Å². The summed E-state index contributed by atoms with van der Waals surface area (Å²) in [6.45, 7) is 0.196. The maximum Gasteiger partial charge on any atom is 2.00 e. The summed E-state index contributed by atoms with van der Waals surface area (Å²) >= 11 is 0. The van der Waals surface area contributed by atoms with E-state index in [9.17, 15) is 23.8 Å². The van der Waals surface area contributed by atoms with Crippen molar-refractivity contribution in [2.75, 3.05) is 0 Å². The van der Waals surface area contributed by atoms with Crippen molar-refractivity contribution in [1.82, 2.24) is 0 Å². The van der Waals surface area contributed by atoms with E-state index in [1.54, 1.807) is 0 Å². The Morgan fingerprint density at radius 2 is 1.46 bits per heavy atom. The fraction of sp³-hybridized carbons (Fsp3) is 1.00. The summed E-state index contributed by atoms with van der Waals surface area (Å²) in [7, 11) is -11.3. The van der Waals surface area contributed by atoms with Crippen LogP contribution in [-0.2, 0) is 26.2 Å². The van der Waals surface area contributed by atoms with Crippen molar-refractivity contribution in [1.29, 1.82) is 0 Å². The summed E-state index contributed by atoms with van der Waals surface area (Å²) in [6, 6.07) is 0. The Kier molecular flexibility index (Phi) is 9.95. The topological polar surface area (TPSA) is 144 Å². The minimum atomic E-state index is -5.76. The first-order valence-corrected chi connectivity index (χ1v) is 5.40. The summed E-state index contributed by atoms with van der Waals surface area (Å²) in [4.78, 5) is 38.1. The maximum atomic E-state index is 10.1. The molecule has 0 spiro atoms. The number of rotatable bonds is 2. The van der Waals surface area contributed by atoms with Crippen LogP contribution in [0.4, 0.5) is 0 Å². The maximum absolute atomic E-state index is 10.1. The summed E-state index contributed by atoms with van der Waals surface area (Å²) in [5, 5.41) is 4.85. The van der Waals surface area contributed by atoms with Gasteiger partial charge in [-0.1, -0.05) is 0 Å². The standard InChI is InChI=1S/C2H8O7P2.Cu.K/c1-2(3,10(4,5)6)11(7,8)9;;/h3H,1H3,(H2,4,5,6)(H2,7,8,9);;/q;+2;+1/p-3. The zero-order valence-corrected chi connectivity index (χ0v) is 12.5. The van der Waals surface area contributed by atoms with Gasteiger partial charge in [0.2, 0.25) is 0 Å². The molecule has 2 unspecified atom stereocenters. The Morgan fingerprint density at radius 3 is 1.46 bits per heavy atom. The second-order valence-corrected chi connectivity index (χ2v) is 6.12. The van der Waals surface area contributed by atoms with Crippen LogP contribution in [0.2, 0.25) is 0 Å². The van der Waals surface area contributed by atoms with E-state index in [2.05, 4.69) is 0 Å². The first kappa shape index (κ1) is 20.8. The molecule has 0 aromatic carbocycles. The first-order chi connectivity index (χ1) is 4.50. The molecule has 0 aliphatic carbocycles. The molecule has 0 rings (SSSR count).